The summed E-state index contributed by atoms with van der Waals surface area (Å²) >= 11 is 0. The van der Waals surface area contributed by atoms with Gasteiger partial charge in [-0.05, 0) is 123 Å². The molecule has 0 bridgehead atoms. The summed E-state index contributed by atoms with van der Waals surface area (Å²) in [4.78, 5) is 0. The normalized spacial score (nSPS) is 19.4. The van der Waals surface area contributed by atoms with Crippen molar-refractivity contribution in [2.24, 2.45) is 0 Å². The van der Waals surface area contributed by atoms with Crippen molar-refractivity contribution >= 4 is 11.3 Å². The molecule has 0 atom stereocenters. The number of ether oxygens (including phenoxy) is 1. The highest BCUT2D eigenvalue weighted by Gasteiger charge is 2.30. The maximum Gasteiger partial charge on any atom is 0.203 e. The van der Waals surface area contributed by atoms with E-state index in [0.717, 1.165) is 81.1 Å². The van der Waals surface area contributed by atoms with E-state index < -0.39 is 0 Å². The van der Waals surface area contributed by atoms with Gasteiger partial charge in [-0.25, -0.2) is 4.58 Å². The Morgan fingerprint density at radius 1 is 0.816 bits per heavy atom. The molecule has 2 heterocycles. The van der Waals surface area contributed by atoms with Gasteiger partial charge in [0.1, 0.15) is 36.1 Å². The summed E-state index contributed by atoms with van der Waals surface area (Å²) < 4.78 is 15.9. The molecule has 3 heteroatoms. The fraction of sp³-hybridized carbons (Fsp3) is 0.343. The number of rotatable bonds is 3. The van der Waals surface area contributed by atoms with Crippen LogP contribution in [0.2, 0.25) is 0 Å². The van der Waals surface area contributed by atoms with Gasteiger partial charge in [0.15, 0.2) is 0 Å². The van der Waals surface area contributed by atoms with Crippen molar-refractivity contribution < 1.29 is 9.15 Å². The predicted molar refractivity (Wildman–Crippen MR) is 154 cm³/mol. The van der Waals surface area contributed by atoms with Crippen LogP contribution in [-0.4, -0.2) is 13.1 Å². The molecule has 0 spiro atoms. The molecule has 0 radical (unpaired) electrons. The number of hydrogen-bond donors (Lipinski definition) is 0. The van der Waals surface area contributed by atoms with Gasteiger partial charge in [0.2, 0.25) is 5.36 Å². The Bertz CT molecular complexity index is 1600. The quantitative estimate of drug-likeness (QED) is 0.343. The van der Waals surface area contributed by atoms with Crippen LogP contribution in [0.1, 0.15) is 74.8 Å². The smallest absolute Gasteiger partial charge is 0.203 e. The topological polar surface area (TPSA) is 25.4 Å². The molecule has 2 aliphatic heterocycles. The van der Waals surface area contributed by atoms with Crippen LogP contribution >= 0.6 is 0 Å². The van der Waals surface area contributed by atoms with Crippen molar-refractivity contribution in [2.75, 3.05) is 13.1 Å². The summed E-state index contributed by atoms with van der Waals surface area (Å²) in [5.74, 6) is 4.22. The van der Waals surface area contributed by atoms with E-state index >= 15 is 0 Å². The molecular weight excluding hydrogens is 466 g/mol. The molecule has 192 valence electrons. The van der Waals surface area contributed by atoms with Crippen LogP contribution in [0.4, 0.5) is 0 Å². The maximum absolute atomic E-state index is 6.81. The third-order valence-electron chi connectivity index (χ3n) is 8.74. The molecule has 3 nitrogen and oxygen atoms in total. The lowest BCUT2D eigenvalue weighted by Gasteiger charge is -2.32. The molecule has 4 aliphatic carbocycles. The fourth-order valence-corrected chi connectivity index (χ4v) is 6.73. The van der Waals surface area contributed by atoms with Crippen LogP contribution < -0.4 is 9.93 Å². The van der Waals surface area contributed by atoms with Crippen LogP contribution in [0.3, 0.4) is 0 Å². The first-order chi connectivity index (χ1) is 18.7. The second kappa shape index (κ2) is 9.62. The summed E-state index contributed by atoms with van der Waals surface area (Å²) in [5, 5.41) is 1.23. The van der Waals surface area contributed by atoms with E-state index in [1.54, 1.807) is 0 Å². The van der Waals surface area contributed by atoms with E-state index in [0.29, 0.717) is 0 Å². The number of benzene rings is 2. The van der Waals surface area contributed by atoms with Crippen molar-refractivity contribution in [1.82, 2.24) is 4.58 Å². The van der Waals surface area contributed by atoms with Crippen LogP contribution in [0, 0.1) is 0 Å². The van der Waals surface area contributed by atoms with Crippen LogP contribution in [0.15, 0.2) is 87.6 Å². The summed E-state index contributed by atoms with van der Waals surface area (Å²) in [6.07, 6.45) is 13.6. The summed E-state index contributed by atoms with van der Waals surface area (Å²) in [6, 6.07) is 17.8. The van der Waals surface area contributed by atoms with Crippen LogP contribution in [-0.2, 0) is 17.6 Å². The number of allylic oxidation sites excluding steroid dienone is 6. The molecule has 0 amide bonds. The zero-order valence-corrected chi connectivity index (χ0v) is 22.6. The van der Waals surface area contributed by atoms with Gasteiger partial charge >= 0.3 is 0 Å². The van der Waals surface area contributed by atoms with Gasteiger partial charge in [0.25, 0.3) is 0 Å². The first kappa shape index (κ1) is 23.5. The first-order valence-corrected chi connectivity index (χ1v) is 14.5. The molecule has 0 saturated carbocycles. The second-order valence-corrected chi connectivity index (χ2v) is 11.0. The summed E-state index contributed by atoms with van der Waals surface area (Å²) in [7, 11) is 0. The molecule has 0 aromatic heterocycles. The van der Waals surface area contributed by atoms with Crippen molar-refractivity contribution in [1.29, 1.82) is 0 Å². The molecular formula is C35H36NO2+. The largest absolute Gasteiger partial charge is 0.456 e. The van der Waals surface area contributed by atoms with Gasteiger partial charge in [-0.15, -0.1) is 0 Å². The molecule has 0 fully saturated rings. The molecule has 0 unspecified atom stereocenters. The highest BCUT2D eigenvalue weighted by atomic mass is 16.5. The van der Waals surface area contributed by atoms with Gasteiger partial charge in [0, 0.05) is 17.2 Å². The predicted octanol–water partition coefficient (Wildman–Crippen LogP) is 7.67. The number of hydrogen-bond acceptors (Lipinski definition) is 2. The van der Waals surface area contributed by atoms with E-state index in [-0.39, 0.29) is 0 Å². The Labute approximate surface area is 225 Å². The molecule has 7 rings (SSSR count). The van der Waals surface area contributed by atoms with E-state index in [9.17, 15) is 0 Å². The second-order valence-electron chi connectivity index (χ2n) is 11.0. The third kappa shape index (κ3) is 4.00. The molecule has 6 aliphatic rings. The van der Waals surface area contributed by atoms with Gasteiger partial charge < -0.3 is 9.15 Å². The van der Waals surface area contributed by atoms with Crippen LogP contribution in [0.25, 0.3) is 22.7 Å². The lowest BCUT2D eigenvalue weighted by molar-refractivity contribution is 0.363. The summed E-state index contributed by atoms with van der Waals surface area (Å²) in [6.45, 7) is 6.40. The zero-order valence-electron chi connectivity index (χ0n) is 22.6. The Morgan fingerprint density at radius 3 is 2.58 bits per heavy atom. The lowest BCUT2D eigenvalue weighted by atomic mass is 9.83. The van der Waals surface area contributed by atoms with E-state index in [1.165, 1.54) is 56.3 Å². The maximum atomic E-state index is 6.81. The average molecular weight is 503 g/mol. The third-order valence-corrected chi connectivity index (χ3v) is 8.74. The van der Waals surface area contributed by atoms with Crippen molar-refractivity contribution in [3.05, 3.63) is 111 Å². The Hall–Kier alpha value is -3.59. The fourth-order valence-electron chi connectivity index (χ4n) is 6.73. The number of nitrogens with zero attached hydrogens (tertiary/aromatic N) is 1. The number of fused-ring (bicyclic) bond motifs is 5. The highest BCUT2D eigenvalue weighted by Crippen LogP contribution is 2.45. The summed E-state index contributed by atoms with van der Waals surface area (Å²) in [5.41, 5.74) is 10.6. The standard InChI is InChI=1S/C35H36NO2/c1-3-36(4-2)30-18-17-24-19-25-10-7-11-26(33(25)37-32(24)22-30)20-27-12-8-13-28-21-29-16-15-23-9-5-6-14-31(23)35(29)38-34(27)28/h5-6,9,14,17-22H,3-4,7-8,10-13,15-16H2,1-2H3/q+1. The van der Waals surface area contributed by atoms with Gasteiger partial charge in [0.05, 0.1) is 6.07 Å². The minimum atomic E-state index is 0.977. The molecule has 1 aromatic rings. The van der Waals surface area contributed by atoms with E-state index in [4.69, 9.17) is 9.15 Å². The van der Waals surface area contributed by atoms with E-state index in [2.05, 4.69) is 79.1 Å². The van der Waals surface area contributed by atoms with Crippen molar-refractivity contribution in [2.45, 2.75) is 65.2 Å². The molecule has 0 saturated heterocycles. The Balaban J connectivity index is 1.32. The minimum Gasteiger partial charge on any atom is -0.456 e. The number of aryl methyl sites for hydroxylation is 2. The van der Waals surface area contributed by atoms with E-state index in [1.807, 2.05) is 0 Å². The molecule has 0 N–H and O–H groups in total. The zero-order chi connectivity index (χ0) is 25.6. The highest BCUT2D eigenvalue weighted by molar-refractivity contribution is 5.76. The van der Waals surface area contributed by atoms with Crippen molar-refractivity contribution in [3.63, 3.8) is 0 Å². The lowest BCUT2D eigenvalue weighted by Crippen LogP contribution is -2.29. The Kier molecular flexibility index (Phi) is 5.95. The molecule has 38 heavy (non-hydrogen) atoms. The van der Waals surface area contributed by atoms with Gasteiger partial charge in [-0.3, -0.25) is 0 Å². The van der Waals surface area contributed by atoms with Gasteiger partial charge in [-0.2, -0.15) is 0 Å². The van der Waals surface area contributed by atoms with Crippen molar-refractivity contribution in [3.8, 4) is 11.3 Å². The van der Waals surface area contributed by atoms with Gasteiger partial charge in [-0.1, -0.05) is 24.3 Å². The molecule has 1 aromatic carbocycles. The average Bonchev–Trinajstić information content (AvgIpc) is 2.96. The first-order valence-electron chi connectivity index (χ1n) is 14.5. The SMILES string of the molecule is CC[N+](CC)=c1ccc2cc3c(oc-2c1)C(=CC1=C2OC4=C(C=C2CCC1)CCc1ccccc14)CCC3. The van der Waals surface area contributed by atoms with Crippen LogP contribution in [0.5, 0.6) is 0 Å². The minimum absolute atomic E-state index is 0.977. The monoisotopic (exact) mass is 502 g/mol. The Morgan fingerprint density at radius 2 is 1.68 bits per heavy atom.